The molecule has 2 aliphatic rings. The molecule has 1 fully saturated rings. The Morgan fingerprint density at radius 3 is 2.63 bits per heavy atom. The second-order valence-electron chi connectivity index (χ2n) is 7.82. The molecular weight excluding hydrogens is 380 g/mol. The zero-order valence-electron chi connectivity index (χ0n) is 17.6. The van der Waals surface area contributed by atoms with E-state index in [0.717, 1.165) is 36.6 Å². The Bertz CT molecular complexity index is 842. The number of carbonyl (C=O) groups excluding carboxylic acids is 1. The SMILES string of the molecule is CCCN(Cc1ccc2c(c1)OCCO2)C(=O)C1CN(Cc2ccccc2)CCO1. The highest BCUT2D eigenvalue weighted by molar-refractivity contribution is 5.81. The lowest BCUT2D eigenvalue weighted by Crippen LogP contribution is -2.50. The van der Waals surface area contributed by atoms with E-state index in [1.54, 1.807) is 0 Å². The molecule has 0 bridgehead atoms. The molecule has 1 atom stereocenters. The van der Waals surface area contributed by atoms with E-state index in [2.05, 4.69) is 36.1 Å². The van der Waals surface area contributed by atoms with Gasteiger partial charge in [-0.2, -0.15) is 0 Å². The third-order valence-corrected chi connectivity index (χ3v) is 5.46. The van der Waals surface area contributed by atoms with Crippen molar-refractivity contribution in [3.63, 3.8) is 0 Å². The lowest BCUT2D eigenvalue weighted by Gasteiger charge is -2.35. The van der Waals surface area contributed by atoms with Crippen molar-refractivity contribution in [1.82, 2.24) is 9.80 Å². The lowest BCUT2D eigenvalue weighted by atomic mass is 10.1. The van der Waals surface area contributed by atoms with Gasteiger partial charge in [0.05, 0.1) is 6.61 Å². The predicted octanol–water partition coefficient (Wildman–Crippen LogP) is 3.10. The highest BCUT2D eigenvalue weighted by Gasteiger charge is 2.30. The summed E-state index contributed by atoms with van der Waals surface area (Å²) in [5, 5.41) is 0. The molecule has 0 aliphatic carbocycles. The summed E-state index contributed by atoms with van der Waals surface area (Å²) in [5.41, 5.74) is 2.30. The standard InChI is InChI=1S/C24H30N2O4/c1-2-10-26(17-20-8-9-21-22(15-20)30-14-13-29-21)24(27)23-18-25(11-12-28-23)16-19-6-4-3-5-7-19/h3-9,15,23H,2,10-14,16-18H2,1H3. The average Bonchev–Trinajstić information content (AvgIpc) is 2.79. The Kier molecular flexibility index (Phi) is 6.87. The number of ether oxygens (including phenoxy) is 3. The number of hydrogen-bond donors (Lipinski definition) is 0. The normalized spacial score (nSPS) is 18.8. The largest absolute Gasteiger partial charge is 0.486 e. The van der Waals surface area contributed by atoms with Crippen LogP contribution in [-0.4, -0.2) is 61.3 Å². The summed E-state index contributed by atoms with van der Waals surface area (Å²) in [6.07, 6.45) is 0.475. The molecule has 1 saturated heterocycles. The van der Waals surface area contributed by atoms with Crippen molar-refractivity contribution < 1.29 is 19.0 Å². The van der Waals surface area contributed by atoms with Crippen LogP contribution in [0.15, 0.2) is 48.5 Å². The maximum Gasteiger partial charge on any atom is 0.253 e. The molecule has 2 heterocycles. The summed E-state index contributed by atoms with van der Waals surface area (Å²) in [7, 11) is 0. The van der Waals surface area contributed by atoms with E-state index < -0.39 is 6.10 Å². The second kappa shape index (κ2) is 9.96. The molecule has 6 heteroatoms. The van der Waals surface area contributed by atoms with E-state index in [4.69, 9.17) is 14.2 Å². The second-order valence-corrected chi connectivity index (χ2v) is 7.82. The molecule has 2 aromatic rings. The molecule has 0 saturated carbocycles. The van der Waals surface area contributed by atoms with Gasteiger partial charge in [0.2, 0.25) is 0 Å². The molecule has 6 nitrogen and oxygen atoms in total. The molecule has 0 spiro atoms. The Labute approximate surface area is 178 Å². The number of benzene rings is 2. The minimum atomic E-state index is -0.425. The summed E-state index contributed by atoms with van der Waals surface area (Å²) in [5.74, 6) is 1.58. The van der Waals surface area contributed by atoms with E-state index in [-0.39, 0.29) is 5.91 Å². The van der Waals surface area contributed by atoms with E-state index in [0.29, 0.717) is 39.5 Å². The van der Waals surface area contributed by atoms with Gasteiger partial charge < -0.3 is 19.1 Å². The van der Waals surface area contributed by atoms with Crippen molar-refractivity contribution in [2.45, 2.75) is 32.5 Å². The van der Waals surface area contributed by atoms with Gasteiger partial charge in [-0.1, -0.05) is 43.3 Å². The fourth-order valence-corrected chi connectivity index (χ4v) is 3.98. The van der Waals surface area contributed by atoms with Crippen LogP contribution in [0.3, 0.4) is 0 Å². The average molecular weight is 411 g/mol. The van der Waals surface area contributed by atoms with Crippen LogP contribution >= 0.6 is 0 Å². The number of carbonyl (C=O) groups is 1. The van der Waals surface area contributed by atoms with E-state index >= 15 is 0 Å². The fourth-order valence-electron chi connectivity index (χ4n) is 3.98. The van der Waals surface area contributed by atoms with Crippen molar-refractivity contribution >= 4 is 5.91 Å². The van der Waals surface area contributed by atoms with E-state index in [1.807, 2.05) is 29.2 Å². The van der Waals surface area contributed by atoms with Gasteiger partial charge in [-0.3, -0.25) is 9.69 Å². The Balaban J connectivity index is 1.41. The molecule has 1 amide bonds. The molecule has 4 rings (SSSR count). The van der Waals surface area contributed by atoms with Crippen LogP contribution in [0.2, 0.25) is 0 Å². The van der Waals surface area contributed by atoms with Crippen molar-refractivity contribution in [3.8, 4) is 11.5 Å². The van der Waals surface area contributed by atoms with Crippen LogP contribution in [0.1, 0.15) is 24.5 Å². The van der Waals surface area contributed by atoms with Gasteiger partial charge >= 0.3 is 0 Å². The van der Waals surface area contributed by atoms with Gasteiger partial charge in [0.1, 0.15) is 19.3 Å². The molecule has 160 valence electrons. The molecule has 0 aromatic heterocycles. The minimum absolute atomic E-state index is 0.0597. The lowest BCUT2D eigenvalue weighted by molar-refractivity contribution is -0.150. The molecule has 0 N–H and O–H groups in total. The first-order valence-corrected chi connectivity index (χ1v) is 10.8. The monoisotopic (exact) mass is 410 g/mol. The maximum absolute atomic E-state index is 13.3. The number of rotatable bonds is 7. The molecule has 1 unspecified atom stereocenters. The quantitative estimate of drug-likeness (QED) is 0.702. The number of nitrogens with zero attached hydrogens (tertiary/aromatic N) is 2. The van der Waals surface area contributed by atoms with Gasteiger partial charge in [-0.25, -0.2) is 0 Å². The maximum atomic E-state index is 13.3. The number of morpholine rings is 1. The zero-order valence-corrected chi connectivity index (χ0v) is 17.6. The first-order valence-electron chi connectivity index (χ1n) is 10.8. The summed E-state index contributed by atoms with van der Waals surface area (Å²) < 4.78 is 17.2. The van der Waals surface area contributed by atoms with E-state index in [9.17, 15) is 4.79 Å². The fraction of sp³-hybridized carbons (Fsp3) is 0.458. The van der Waals surface area contributed by atoms with Gasteiger partial charge in [-0.15, -0.1) is 0 Å². The van der Waals surface area contributed by atoms with Gasteiger partial charge in [0.15, 0.2) is 11.5 Å². The predicted molar refractivity (Wildman–Crippen MR) is 115 cm³/mol. The topological polar surface area (TPSA) is 51.2 Å². The van der Waals surface area contributed by atoms with Crippen LogP contribution in [0.25, 0.3) is 0 Å². The Morgan fingerprint density at radius 2 is 1.83 bits per heavy atom. The highest BCUT2D eigenvalue weighted by Crippen LogP contribution is 2.31. The number of hydrogen-bond acceptors (Lipinski definition) is 5. The summed E-state index contributed by atoms with van der Waals surface area (Å²) in [6, 6.07) is 16.3. The molecule has 2 aliphatic heterocycles. The summed E-state index contributed by atoms with van der Waals surface area (Å²) in [6.45, 7) is 7.34. The number of amides is 1. The zero-order chi connectivity index (χ0) is 20.8. The summed E-state index contributed by atoms with van der Waals surface area (Å²) >= 11 is 0. The Morgan fingerprint density at radius 1 is 1.03 bits per heavy atom. The molecule has 2 aromatic carbocycles. The third-order valence-electron chi connectivity index (χ3n) is 5.46. The van der Waals surface area contributed by atoms with Crippen molar-refractivity contribution in [1.29, 1.82) is 0 Å². The molecular formula is C24H30N2O4. The van der Waals surface area contributed by atoms with Crippen LogP contribution in [0.5, 0.6) is 11.5 Å². The minimum Gasteiger partial charge on any atom is -0.486 e. The Hall–Kier alpha value is -2.57. The van der Waals surface area contributed by atoms with E-state index in [1.165, 1.54) is 5.56 Å². The first-order chi connectivity index (χ1) is 14.7. The van der Waals surface area contributed by atoms with Crippen molar-refractivity contribution in [2.75, 3.05) is 39.5 Å². The van der Waals surface area contributed by atoms with Gasteiger partial charge in [0, 0.05) is 32.7 Å². The van der Waals surface area contributed by atoms with Crippen LogP contribution in [0.4, 0.5) is 0 Å². The molecule has 30 heavy (non-hydrogen) atoms. The van der Waals surface area contributed by atoms with Crippen molar-refractivity contribution in [3.05, 3.63) is 59.7 Å². The number of fused-ring (bicyclic) bond motifs is 1. The first kappa shape index (κ1) is 20.7. The van der Waals surface area contributed by atoms with Gasteiger partial charge in [0.25, 0.3) is 5.91 Å². The smallest absolute Gasteiger partial charge is 0.253 e. The van der Waals surface area contributed by atoms with Gasteiger partial charge in [-0.05, 0) is 29.7 Å². The van der Waals surface area contributed by atoms with Crippen LogP contribution < -0.4 is 9.47 Å². The van der Waals surface area contributed by atoms with Crippen LogP contribution in [0, 0.1) is 0 Å². The van der Waals surface area contributed by atoms with Crippen LogP contribution in [-0.2, 0) is 22.6 Å². The van der Waals surface area contributed by atoms with Crippen molar-refractivity contribution in [2.24, 2.45) is 0 Å². The molecule has 0 radical (unpaired) electrons. The summed E-state index contributed by atoms with van der Waals surface area (Å²) in [4.78, 5) is 17.5. The third kappa shape index (κ3) is 5.12. The highest BCUT2D eigenvalue weighted by atomic mass is 16.6.